The van der Waals surface area contributed by atoms with Gasteiger partial charge in [-0.2, -0.15) is 0 Å². The molecule has 1 saturated heterocycles. The minimum atomic E-state index is -0.244. The summed E-state index contributed by atoms with van der Waals surface area (Å²) in [5.74, 6) is 0.228. The fraction of sp³-hybridized carbons (Fsp3) is 0.333. The van der Waals surface area contributed by atoms with Gasteiger partial charge in [-0.05, 0) is 31.2 Å². The maximum atomic E-state index is 12.4. The molecular formula is C18H21N3O3. The lowest BCUT2D eigenvalue weighted by atomic mass is 10.2. The summed E-state index contributed by atoms with van der Waals surface area (Å²) in [5.41, 5.74) is 0.793. The van der Waals surface area contributed by atoms with Gasteiger partial charge in [0.2, 0.25) is 5.91 Å². The molecule has 1 aliphatic heterocycles. The van der Waals surface area contributed by atoms with E-state index in [0.29, 0.717) is 31.9 Å². The lowest BCUT2D eigenvalue weighted by molar-refractivity contribution is -0.121. The van der Waals surface area contributed by atoms with Gasteiger partial charge in [0.05, 0.1) is 12.3 Å². The molecule has 2 aromatic rings. The third-order valence-corrected chi connectivity index (χ3v) is 4.30. The molecule has 1 atom stereocenters. The minimum Gasteiger partial charge on any atom is -0.459 e. The lowest BCUT2D eigenvalue weighted by Gasteiger charge is -2.37. The first-order valence-electron chi connectivity index (χ1n) is 8.08. The van der Waals surface area contributed by atoms with E-state index in [1.54, 1.807) is 17.0 Å². The Labute approximate surface area is 141 Å². The molecule has 0 radical (unpaired) electrons. The van der Waals surface area contributed by atoms with Crippen LogP contribution in [0.5, 0.6) is 0 Å². The average Bonchev–Trinajstić information content (AvgIpc) is 3.16. The third-order valence-electron chi connectivity index (χ3n) is 4.30. The zero-order valence-corrected chi connectivity index (χ0v) is 13.6. The van der Waals surface area contributed by atoms with E-state index in [0.717, 1.165) is 5.69 Å². The molecule has 3 rings (SSSR count). The second-order valence-corrected chi connectivity index (χ2v) is 5.84. The number of carbonyl (C=O) groups excluding carboxylic acids is 2. The first-order valence-corrected chi connectivity index (χ1v) is 8.08. The highest BCUT2D eigenvalue weighted by molar-refractivity contribution is 5.94. The van der Waals surface area contributed by atoms with Crippen LogP contribution in [0.1, 0.15) is 17.5 Å². The van der Waals surface area contributed by atoms with Gasteiger partial charge in [0, 0.05) is 31.9 Å². The molecule has 126 valence electrons. The fourth-order valence-corrected chi connectivity index (χ4v) is 2.80. The highest BCUT2D eigenvalue weighted by Crippen LogP contribution is 2.13. The highest BCUT2D eigenvalue weighted by Gasteiger charge is 2.28. The van der Waals surface area contributed by atoms with Crippen molar-refractivity contribution in [2.75, 3.05) is 31.5 Å². The van der Waals surface area contributed by atoms with Gasteiger partial charge in [-0.3, -0.25) is 14.5 Å². The molecule has 1 aromatic carbocycles. The van der Waals surface area contributed by atoms with E-state index in [4.69, 9.17) is 4.42 Å². The second-order valence-electron chi connectivity index (χ2n) is 5.84. The molecule has 24 heavy (non-hydrogen) atoms. The number of para-hydroxylation sites is 1. The topological polar surface area (TPSA) is 65.8 Å². The normalized spacial score (nSPS) is 16.6. The summed E-state index contributed by atoms with van der Waals surface area (Å²) >= 11 is 0. The first-order chi connectivity index (χ1) is 11.6. The summed E-state index contributed by atoms with van der Waals surface area (Å²) in [5, 5.41) is 2.92. The van der Waals surface area contributed by atoms with E-state index >= 15 is 0 Å². The van der Waals surface area contributed by atoms with Crippen molar-refractivity contribution in [1.29, 1.82) is 0 Å². The van der Waals surface area contributed by atoms with Gasteiger partial charge in [0.25, 0.3) is 5.91 Å². The zero-order chi connectivity index (χ0) is 16.9. The van der Waals surface area contributed by atoms with Gasteiger partial charge < -0.3 is 14.6 Å². The number of carbonyl (C=O) groups is 2. The smallest absolute Gasteiger partial charge is 0.289 e. The Morgan fingerprint density at radius 2 is 1.75 bits per heavy atom. The molecular weight excluding hydrogens is 306 g/mol. The number of anilines is 1. The summed E-state index contributed by atoms with van der Waals surface area (Å²) in [6.45, 7) is 4.39. The van der Waals surface area contributed by atoms with Crippen molar-refractivity contribution >= 4 is 17.5 Å². The van der Waals surface area contributed by atoms with Gasteiger partial charge in [-0.15, -0.1) is 0 Å². The van der Waals surface area contributed by atoms with E-state index in [-0.39, 0.29) is 17.9 Å². The van der Waals surface area contributed by atoms with Crippen LogP contribution in [-0.2, 0) is 4.79 Å². The molecule has 2 amide bonds. The monoisotopic (exact) mass is 327 g/mol. The molecule has 0 unspecified atom stereocenters. The van der Waals surface area contributed by atoms with E-state index < -0.39 is 0 Å². The SMILES string of the molecule is C[C@@H](C(=O)Nc1ccccc1)N1CCN(C(=O)c2ccco2)CC1. The van der Waals surface area contributed by atoms with Gasteiger partial charge >= 0.3 is 0 Å². The number of benzene rings is 1. The molecule has 6 heteroatoms. The lowest BCUT2D eigenvalue weighted by Crippen LogP contribution is -2.54. The number of nitrogens with one attached hydrogen (secondary N) is 1. The predicted molar refractivity (Wildman–Crippen MR) is 90.7 cm³/mol. The summed E-state index contributed by atoms with van der Waals surface area (Å²) in [6.07, 6.45) is 1.50. The molecule has 0 aliphatic carbocycles. The van der Waals surface area contributed by atoms with Gasteiger partial charge in [0.15, 0.2) is 5.76 Å². The molecule has 2 heterocycles. The van der Waals surface area contributed by atoms with Crippen LogP contribution >= 0.6 is 0 Å². The van der Waals surface area contributed by atoms with Crippen LogP contribution in [0.3, 0.4) is 0 Å². The van der Waals surface area contributed by atoms with Crippen LogP contribution in [0.4, 0.5) is 5.69 Å². The molecule has 0 saturated carbocycles. The van der Waals surface area contributed by atoms with Crippen LogP contribution in [-0.4, -0.2) is 53.8 Å². The zero-order valence-electron chi connectivity index (χ0n) is 13.6. The molecule has 1 aliphatic rings. The van der Waals surface area contributed by atoms with Gasteiger partial charge in [-0.25, -0.2) is 0 Å². The van der Waals surface area contributed by atoms with E-state index in [1.807, 2.05) is 37.3 Å². The van der Waals surface area contributed by atoms with Gasteiger partial charge in [0.1, 0.15) is 0 Å². The largest absolute Gasteiger partial charge is 0.459 e. The third kappa shape index (κ3) is 3.65. The maximum absolute atomic E-state index is 12.4. The van der Waals surface area contributed by atoms with E-state index in [9.17, 15) is 9.59 Å². The highest BCUT2D eigenvalue weighted by atomic mass is 16.3. The van der Waals surface area contributed by atoms with Gasteiger partial charge in [-0.1, -0.05) is 18.2 Å². The van der Waals surface area contributed by atoms with Crippen molar-refractivity contribution < 1.29 is 14.0 Å². The number of piperazine rings is 1. The van der Waals surface area contributed by atoms with Crippen LogP contribution < -0.4 is 5.32 Å². The van der Waals surface area contributed by atoms with Crippen molar-refractivity contribution in [2.24, 2.45) is 0 Å². The Hall–Kier alpha value is -2.60. The minimum absolute atomic E-state index is 0.0352. The standard InChI is InChI=1S/C18H21N3O3/c1-14(17(22)19-15-6-3-2-4-7-15)20-9-11-21(12-10-20)18(23)16-8-5-13-24-16/h2-8,13-14H,9-12H2,1H3,(H,19,22)/t14-/m0/s1. The maximum Gasteiger partial charge on any atom is 0.289 e. The number of furan rings is 1. The molecule has 1 N–H and O–H groups in total. The van der Waals surface area contributed by atoms with E-state index in [2.05, 4.69) is 10.2 Å². The summed E-state index contributed by atoms with van der Waals surface area (Å²) in [6, 6.07) is 12.6. The Morgan fingerprint density at radius 1 is 1.04 bits per heavy atom. The molecule has 1 fully saturated rings. The number of rotatable bonds is 4. The quantitative estimate of drug-likeness (QED) is 0.933. The van der Waals surface area contributed by atoms with Crippen molar-refractivity contribution in [2.45, 2.75) is 13.0 Å². The fourth-order valence-electron chi connectivity index (χ4n) is 2.80. The van der Waals surface area contributed by atoms with Crippen molar-refractivity contribution in [3.63, 3.8) is 0 Å². The summed E-state index contributed by atoms with van der Waals surface area (Å²) in [4.78, 5) is 28.5. The average molecular weight is 327 g/mol. The Balaban J connectivity index is 1.52. The summed E-state index contributed by atoms with van der Waals surface area (Å²) in [7, 11) is 0. The molecule has 0 bridgehead atoms. The Bertz CT molecular complexity index is 677. The Morgan fingerprint density at radius 3 is 2.38 bits per heavy atom. The van der Waals surface area contributed by atoms with Crippen molar-refractivity contribution in [3.05, 3.63) is 54.5 Å². The van der Waals surface area contributed by atoms with Crippen LogP contribution in [0.15, 0.2) is 53.1 Å². The predicted octanol–water partition coefficient (Wildman–Crippen LogP) is 2.06. The number of hydrogen-bond donors (Lipinski definition) is 1. The number of hydrogen-bond acceptors (Lipinski definition) is 4. The van der Waals surface area contributed by atoms with E-state index in [1.165, 1.54) is 6.26 Å². The molecule has 1 aromatic heterocycles. The van der Waals surface area contributed by atoms with Crippen molar-refractivity contribution in [3.8, 4) is 0 Å². The molecule has 6 nitrogen and oxygen atoms in total. The first kappa shape index (κ1) is 16.3. The van der Waals surface area contributed by atoms with Crippen LogP contribution in [0, 0.1) is 0 Å². The number of nitrogens with zero attached hydrogens (tertiary/aromatic N) is 2. The Kier molecular flexibility index (Phi) is 4.96. The summed E-state index contributed by atoms with van der Waals surface area (Å²) < 4.78 is 5.16. The number of amides is 2. The van der Waals surface area contributed by atoms with Crippen molar-refractivity contribution in [1.82, 2.24) is 9.80 Å². The molecule has 0 spiro atoms. The van der Waals surface area contributed by atoms with Crippen LogP contribution in [0.2, 0.25) is 0 Å². The van der Waals surface area contributed by atoms with Crippen LogP contribution in [0.25, 0.3) is 0 Å². The second kappa shape index (κ2) is 7.31.